The molecule has 2 fully saturated rings. The SMILES string of the molecule is CCN(CCN1CCN(C)CC1)c1cc(CN2C(=O)N(c3ccc(S(=O)(=O)C(F)(F)F)cc3)C(=O)C2C)ccn1. The molecule has 1 atom stereocenters. The molecule has 40 heavy (non-hydrogen) atoms. The Kier molecular flexibility index (Phi) is 8.71. The third-order valence-corrected chi connectivity index (χ3v) is 8.84. The normalized spacial score (nSPS) is 19.5. The van der Waals surface area contributed by atoms with E-state index in [2.05, 4.69) is 26.7 Å². The van der Waals surface area contributed by atoms with Crippen LogP contribution in [0.1, 0.15) is 19.4 Å². The van der Waals surface area contributed by atoms with Crippen molar-refractivity contribution in [2.24, 2.45) is 0 Å². The van der Waals surface area contributed by atoms with Crippen molar-refractivity contribution < 1.29 is 31.2 Å². The Morgan fingerprint density at radius 1 is 1.05 bits per heavy atom. The van der Waals surface area contributed by atoms with E-state index in [0.29, 0.717) is 0 Å². The van der Waals surface area contributed by atoms with E-state index in [9.17, 15) is 31.2 Å². The highest BCUT2D eigenvalue weighted by molar-refractivity contribution is 7.92. The summed E-state index contributed by atoms with van der Waals surface area (Å²) in [5, 5.41) is 0. The summed E-state index contributed by atoms with van der Waals surface area (Å²) in [5.41, 5.74) is -4.70. The van der Waals surface area contributed by atoms with E-state index in [-0.39, 0.29) is 12.2 Å². The average Bonchev–Trinajstić information content (AvgIpc) is 3.12. The predicted octanol–water partition coefficient (Wildman–Crippen LogP) is 2.81. The van der Waals surface area contributed by atoms with Crippen molar-refractivity contribution in [2.75, 3.05) is 62.7 Å². The van der Waals surface area contributed by atoms with E-state index in [1.807, 2.05) is 13.0 Å². The number of imide groups is 1. The Bertz CT molecular complexity index is 1330. The minimum absolute atomic E-state index is 0.0121. The highest BCUT2D eigenvalue weighted by Crippen LogP contribution is 2.33. The Labute approximate surface area is 231 Å². The lowest BCUT2D eigenvalue weighted by molar-refractivity contribution is -0.119. The molecule has 14 heteroatoms. The fourth-order valence-corrected chi connectivity index (χ4v) is 5.52. The summed E-state index contributed by atoms with van der Waals surface area (Å²) in [5.74, 6) is 0.200. The van der Waals surface area contributed by atoms with E-state index < -0.39 is 38.2 Å². The van der Waals surface area contributed by atoms with Gasteiger partial charge in [-0.25, -0.2) is 23.1 Å². The van der Waals surface area contributed by atoms with E-state index in [0.717, 1.165) is 86.4 Å². The summed E-state index contributed by atoms with van der Waals surface area (Å²) in [4.78, 5) is 38.9. The van der Waals surface area contributed by atoms with Gasteiger partial charge < -0.3 is 14.7 Å². The maximum atomic E-state index is 13.2. The first-order chi connectivity index (χ1) is 18.8. The number of amides is 3. The molecular weight excluding hydrogens is 549 g/mol. The molecule has 2 saturated heterocycles. The largest absolute Gasteiger partial charge is 0.501 e. The zero-order chi connectivity index (χ0) is 29.2. The Balaban J connectivity index is 1.45. The van der Waals surface area contributed by atoms with E-state index in [1.165, 1.54) is 4.90 Å². The third-order valence-electron chi connectivity index (χ3n) is 7.34. The van der Waals surface area contributed by atoms with Gasteiger partial charge in [-0.2, -0.15) is 13.2 Å². The van der Waals surface area contributed by atoms with Crippen LogP contribution in [-0.4, -0.2) is 104 Å². The van der Waals surface area contributed by atoms with E-state index in [1.54, 1.807) is 19.2 Å². The number of carbonyl (C=O) groups excluding carboxylic acids is 2. The topological polar surface area (TPSA) is 97.4 Å². The van der Waals surface area contributed by atoms with Crippen LogP contribution in [0.25, 0.3) is 0 Å². The van der Waals surface area contributed by atoms with Gasteiger partial charge in [0.1, 0.15) is 11.9 Å². The van der Waals surface area contributed by atoms with Crippen LogP contribution < -0.4 is 9.80 Å². The van der Waals surface area contributed by atoms with Crippen molar-refractivity contribution in [3.05, 3.63) is 48.2 Å². The van der Waals surface area contributed by atoms with Gasteiger partial charge in [0.25, 0.3) is 15.7 Å². The molecule has 10 nitrogen and oxygen atoms in total. The lowest BCUT2D eigenvalue weighted by Crippen LogP contribution is -2.47. The van der Waals surface area contributed by atoms with Crippen LogP contribution in [0.2, 0.25) is 0 Å². The van der Waals surface area contributed by atoms with Gasteiger partial charge in [-0.1, -0.05) is 0 Å². The molecule has 0 N–H and O–H groups in total. The number of pyridine rings is 1. The van der Waals surface area contributed by atoms with E-state index in [4.69, 9.17) is 0 Å². The number of nitrogens with zero attached hydrogens (tertiary/aromatic N) is 6. The van der Waals surface area contributed by atoms with Crippen LogP contribution >= 0.6 is 0 Å². The molecule has 2 aliphatic rings. The first-order valence-electron chi connectivity index (χ1n) is 13.0. The fraction of sp³-hybridized carbons (Fsp3) is 0.500. The van der Waals surface area contributed by atoms with Crippen LogP contribution in [0, 0.1) is 0 Å². The van der Waals surface area contributed by atoms with Crippen LogP contribution in [0.15, 0.2) is 47.5 Å². The number of anilines is 2. The van der Waals surface area contributed by atoms with Crippen molar-refractivity contribution >= 4 is 33.3 Å². The molecule has 3 amide bonds. The van der Waals surface area contributed by atoms with Gasteiger partial charge >= 0.3 is 11.5 Å². The Morgan fingerprint density at radius 2 is 1.70 bits per heavy atom. The number of rotatable bonds is 9. The van der Waals surface area contributed by atoms with Gasteiger partial charge in [-0.3, -0.25) is 9.69 Å². The zero-order valence-corrected chi connectivity index (χ0v) is 23.5. The maximum Gasteiger partial charge on any atom is 0.501 e. The zero-order valence-electron chi connectivity index (χ0n) is 22.6. The van der Waals surface area contributed by atoms with Crippen LogP contribution in [0.3, 0.4) is 0 Å². The standard InChI is InChI=1S/C26H33F3N6O4S/c1-4-33(16-15-32-13-11-31(3)12-14-32)23-17-20(9-10-30-23)18-34-19(2)24(36)35(25(34)37)21-5-7-22(8-6-21)40(38,39)26(27,28)29/h5-10,17,19H,4,11-16,18H2,1-3H3. The molecule has 0 saturated carbocycles. The quantitative estimate of drug-likeness (QED) is 0.417. The van der Waals surface area contributed by atoms with Crippen molar-refractivity contribution in [2.45, 2.75) is 36.8 Å². The lowest BCUT2D eigenvalue weighted by atomic mass is 10.2. The molecule has 2 aliphatic heterocycles. The van der Waals surface area contributed by atoms with Crippen LogP contribution in [0.5, 0.6) is 0 Å². The highest BCUT2D eigenvalue weighted by Gasteiger charge is 2.47. The monoisotopic (exact) mass is 582 g/mol. The van der Waals surface area contributed by atoms with Crippen molar-refractivity contribution in [3.63, 3.8) is 0 Å². The molecule has 218 valence electrons. The number of halogens is 3. The molecule has 2 aromatic rings. The van der Waals surface area contributed by atoms with Crippen LogP contribution in [-0.2, 0) is 21.2 Å². The molecule has 0 aliphatic carbocycles. The van der Waals surface area contributed by atoms with Crippen molar-refractivity contribution in [1.82, 2.24) is 19.7 Å². The highest BCUT2D eigenvalue weighted by atomic mass is 32.2. The second kappa shape index (κ2) is 11.7. The number of aromatic nitrogens is 1. The second-order valence-electron chi connectivity index (χ2n) is 9.95. The fourth-order valence-electron chi connectivity index (χ4n) is 4.76. The number of sulfone groups is 1. The minimum Gasteiger partial charge on any atom is -0.356 e. The number of piperazine rings is 1. The van der Waals surface area contributed by atoms with Crippen molar-refractivity contribution in [1.29, 1.82) is 0 Å². The number of alkyl halides is 3. The van der Waals surface area contributed by atoms with Gasteiger partial charge in [0.2, 0.25) is 0 Å². The first-order valence-corrected chi connectivity index (χ1v) is 14.5. The summed E-state index contributed by atoms with van der Waals surface area (Å²) < 4.78 is 61.9. The molecule has 0 radical (unpaired) electrons. The number of likely N-dealkylation sites (N-methyl/N-ethyl adjacent to an activating group) is 2. The van der Waals surface area contributed by atoms with Gasteiger partial charge in [-0.05, 0) is 62.9 Å². The van der Waals surface area contributed by atoms with Gasteiger partial charge in [0, 0.05) is 58.6 Å². The molecule has 4 rings (SSSR count). The maximum absolute atomic E-state index is 13.2. The van der Waals surface area contributed by atoms with Crippen LogP contribution in [0.4, 0.5) is 29.5 Å². The van der Waals surface area contributed by atoms with E-state index >= 15 is 0 Å². The first kappa shape index (κ1) is 29.7. The average molecular weight is 583 g/mol. The molecule has 0 spiro atoms. The summed E-state index contributed by atoms with van der Waals surface area (Å²) in [6.45, 7) is 10.3. The summed E-state index contributed by atoms with van der Waals surface area (Å²) >= 11 is 0. The Hall–Kier alpha value is -3.23. The third kappa shape index (κ3) is 6.08. The minimum atomic E-state index is -5.55. The molecule has 0 bridgehead atoms. The van der Waals surface area contributed by atoms with Crippen molar-refractivity contribution in [3.8, 4) is 0 Å². The molecule has 3 heterocycles. The number of hydrogen-bond acceptors (Lipinski definition) is 8. The summed E-state index contributed by atoms with van der Waals surface area (Å²) in [7, 11) is -3.43. The molecule has 1 aromatic heterocycles. The van der Waals surface area contributed by atoms with Gasteiger partial charge in [0.05, 0.1) is 10.6 Å². The predicted molar refractivity (Wildman–Crippen MR) is 144 cm³/mol. The summed E-state index contributed by atoms with van der Waals surface area (Å²) in [6.07, 6.45) is 1.66. The number of hydrogen-bond donors (Lipinski definition) is 0. The van der Waals surface area contributed by atoms with Gasteiger partial charge in [0.15, 0.2) is 0 Å². The number of benzene rings is 1. The smallest absolute Gasteiger partial charge is 0.356 e. The number of carbonyl (C=O) groups is 2. The number of urea groups is 1. The molecular formula is C26H33F3N6O4S. The lowest BCUT2D eigenvalue weighted by Gasteiger charge is -2.34. The van der Waals surface area contributed by atoms with Gasteiger partial charge in [-0.15, -0.1) is 0 Å². The summed E-state index contributed by atoms with van der Waals surface area (Å²) in [6, 6.07) is 5.69. The molecule has 1 aromatic carbocycles. The Morgan fingerprint density at radius 3 is 2.30 bits per heavy atom. The second-order valence-corrected chi connectivity index (χ2v) is 11.9. The molecule has 1 unspecified atom stereocenters.